The van der Waals surface area contributed by atoms with Crippen LogP contribution in [0.15, 0.2) is 61.1 Å². The number of ether oxygens (including phenoxy) is 1. The van der Waals surface area contributed by atoms with E-state index in [1.807, 2.05) is 48.7 Å². The monoisotopic (exact) mass is 293 g/mol. The lowest BCUT2D eigenvalue weighted by Gasteiger charge is -2.09. The second-order valence-electron chi connectivity index (χ2n) is 5.05. The van der Waals surface area contributed by atoms with Gasteiger partial charge in [0.05, 0.1) is 18.3 Å². The first-order valence-corrected chi connectivity index (χ1v) is 7.54. The second kappa shape index (κ2) is 7.41. The van der Waals surface area contributed by atoms with Crippen LogP contribution in [0.5, 0.6) is 5.75 Å². The second-order valence-corrected chi connectivity index (χ2v) is 5.05. The molecule has 0 spiro atoms. The molecule has 0 atom stereocenters. The summed E-state index contributed by atoms with van der Waals surface area (Å²) in [4.78, 5) is 8.41. The predicted octanol–water partition coefficient (Wildman–Crippen LogP) is 3.90. The van der Waals surface area contributed by atoms with Crippen LogP contribution in [-0.2, 0) is 0 Å². The van der Waals surface area contributed by atoms with Crippen LogP contribution in [-0.4, -0.2) is 23.1 Å². The Hall–Kier alpha value is -2.62. The molecule has 0 unspecified atom stereocenters. The molecule has 1 aromatic carbocycles. The first kappa shape index (κ1) is 14.3. The van der Waals surface area contributed by atoms with Crippen molar-refractivity contribution < 1.29 is 4.74 Å². The van der Waals surface area contributed by atoms with E-state index < -0.39 is 0 Å². The van der Waals surface area contributed by atoms with Gasteiger partial charge in [-0.1, -0.05) is 18.2 Å². The molecule has 0 saturated heterocycles. The molecule has 3 rings (SSSR count). The van der Waals surface area contributed by atoms with Crippen molar-refractivity contribution in [3.05, 3.63) is 61.1 Å². The molecule has 0 fully saturated rings. The molecule has 0 radical (unpaired) electrons. The van der Waals surface area contributed by atoms with Gasteiger partial charge >= 0.3 is 0 Å². The zero-order valence-corrected chi connectivity index (χ0v) is 12.4. The molecular weight excluding hydrogens is 274 g/mol. The summed E-state index contributed by atoms with van der Waals surface area (Å²) >= 11 is 0. The van der Waals surface area contributed by atoms with Gasteiger partial charge in [-0.2, -0.15) is 0 Å². The zero-order valence-electron chi connectivity index (χ0n) is 12.4. The normalized spacial score (nSPS) is 10.5. The van der Waals surface area contributed by atoms with E-state index in [0.717, 1.165) is 48.3 Å². The van der Waals surface area contributed by atoms with Crippen LogP contribution in [0.25, 0.3) is 10.9 Å². The lowest BCUT2D eigenvalue weighted by Crippen LogP contribution is -2.05. The number of hydrogen-bond acceptors (Lipinski definition) is 4. The van der Waals surface area contributed by atoms with Crippen LogP contribution < -0.4 is 10.1 Å². The smallest absolute Gasteiger partial charge is 0.119 e. The van der Waals surface area contributed by atoms with Gasteiger partial charge in [-0.15, -0.1) is 0 Å². The molecule has 0 aliphatic carbocycles. The fourth-order valence-corrected chi connectivity index (χ4v) is 2.31. The number of unbranched alkanes of at least 4 members (excludes halogenated alkanes) is 1. The minimum atomic E-state index is 0.743. The molecule has 0 bridgehead atoms. The Kier molecular flexibility index (Phi) is 4.82. The summed E-state index contributed by atoms with van der Waals surface area (Å²) < 4.78 is 5.68. The zero-order chi connectivity index (χ0) is 15.0. The predicted molar refractivity (Wildman–Crippen MR) is 89.2 cm³/mol. The van der Waals surface area contributed by atoms with E-state index in [9.17, 15) is 0 Å². The van der Waals surface area contributed by atoms with Crippen LogP contribution in [0.4, 0.5) is 5.69 Å². The summed E-state index contributed by atoms with van der Waals surface area (Å²) in [6, 6.07) is 13.9. The SMILES string of the molecule is c1ccc(OCCCCNc2ccnc3cnccc23)cc1. The van der Waals surface area contributed by atoms with E-state index in [1.54, 1.807) is 12.4 Å². The highest BCUT2D eigenvalue weighted by atomic mass is 16.5. The van der Waals surface area contributed by atoms with Crippen LogP contribution in [0.3, 0.4) is 0 Å². The molecule has 2 heterocycles. The Morgan fingerprint density at radius 1 is 0.955 bits per heavy atom. The summed E-state index contributed by atoms with van der Waals surface area (Å²) in [6.45, 7) is 1.66. The van der Waals surface area contributed by atoms with Gasteiger partial charge in [-0.3, -0.25) is 9.97 Å². The molecule has 0 saturated carbocycles. The molecule has 112 valence electrons. The number of anilines is 1. The minimum Gasteiger partial charge on any atom is -0.494 e. The van der Waals surface area contributed by atoms with Crippen molar-refractivity contribution in [2.24, 2.45) is 0 Å². The Balaban J connectivity index is 1.43. The number of nitrogens with one attached hydrogen (secondary N) is 1. The fourth-order valence-electron chi connectivity index (χ4n) is 2.31. The largest absolute Gasteiger partial charge is 0.494 e. The maximum absolute atomic E-state index is 5.68. The number of benzene rings is 1. The van der Waals surface area contributed by atoms with E-state index in [-0.39, 0.29) is 0 Å². The van der Waals surface area contributed by atoms with Gasteiger partial charge in [0, 0.05) is 30.0 Å². The number of hydrogen-bond donors (Lipinski definition) is 1. The third-order valence-corrected chi connectivity index (χ3v) is 3.44. The highest BCUT2D eigenvalue weighted by Gasteiger charge is 2.00. The topological polar surface area (TPSA) is 47.0 Å². The van der Waals surface area contributed by atoms with Crippen molar-refractivity contribution in [3.8, 4) is 5.75 Å². The van der Waals surface area contributed by atoms with Gasteiger partial charge in [-0.05, 0) is 37.1 Å². The summed E-state index contributed by atoms with van der Waals surface area (Å²) in [6.07, 6.45) is 7.47. The van der Waals surface area contributed by atoms with Crippen LogP contribution >= 0.6 is 0 Å². The maximum Gasteiger partial charge on any atom is 0.119 e. The molecule has 3 aromatic rings. The molecule has 22 heavy (non-hydrogen) atoms. The number of pyridine rings is 2. The van der Waals surface area contributed by atoms with Crippen LogP contribution in [0.1, 0.15) is 12.8 Å². The van der Waals surface area contributed by atoms with Crippen molar-refractivity contribution in [2.45, 2.75) is 12.8 Å². The van der Waals surface area contributed by atoms with E-state index in [4.69, 9.17) is 4.74 Å². The molecule has 1 N–H and O–H groups in total. The summed E-state index contributed by atoms with van der Waals surface area (Å²) in [5.74, 6) is 0.933. The molecule has 0 amide bonds. The lowest BCUT2D eigenvalue weighted by atomic mass is 10.2. The fraction of sp³-hybridized carbons (Fsp3) is 0.222. The molecule has 0 aliphatic rings. The van der Waals surface area contributed by atoms with Crippen molar-refractivity contribution >= 4 is 16.6 Å². The van der Waals surface area contributed by atoms with Crippen LogP contribution in [0.2, 0.25) is 0 Å². The minimum absolute atomic E-state index is 0.743. The number of nitrogens with zero attached hydrogens (tertiary/aromatic N) is 2. The van der Waals surface area contributed by atoms with Crippen molar-refractivity contribution in [1.29, 1.82) is 0 Å². The van der Waals surface area contributed by atoms with Crippen LogP contribution in [0, 0.1) is 0 Å². The number of para-hydroxylation sites is 1. The third-order valence-electron chi connectivity index (χ3n) is 3.44. The number of aromatic nitrogens is 2. The lowest BCUT2D eigenvalue weighted by molar-refractivity contribution is 0.308. The molecule has 4 heteroatoms. The van der Waals surface area contributed by atoms with E-state index in [0.29, 0.717) is 0 Å². The maximum atomic E-state index is 5.68. The highest BCUT2D eigenvalue weighted by molar-refractivity contribution is 5.90. The van der Waals surface area contributed by atoms with E-state index >= 15 is 0 Å². The quantitative estimate of drug-likeness (QED) is 0.671. The first-order valence-electron chi connectivity index (χ1n) is 7.54. The van der Waals surface area contributed by atoms with E-state index in [1.165, 1.54) is 0 Å². The van der Waals surface area contributed by atoms with Gasteiger partial charge in [0.2, 0.25) is 0 Å². The molecule has 4 nitrogen and oxygen atoms in total. The number of fused-ring (bicyclic) bond motifs is 1. The van der Waals surface area contributed by atoms with Gasteiger partial charge in [-0.25, -0.2) is 0 Å². The first-order chi connectivity index (χ1) is 10.9. The molecule has 2 aromatic heterocycles. The van der Waals surface area contributed by atoms with Gasteiger partial charge in [0.1, 0.15) is 5.75 Å². The average molecular weight is 293 g/mol. The van der Waals surface area contributed by atoms with Gasteiger partial charge < -0.3 is 10.1 Å². The Morgan fingerprint density at radius 3 is 2.77 bits per heavy atom. The standard InChI is InChI=1S/C18H19N3O/c1-2-6-15(7-3-1)22-13-5-4-10-20-17-9-12-21-18-14-19-11-8-16(17)18/h1-3,6-9,11-12,14H,4-5,10,13H2,(H,20,21). The molecule has 0 aliphatic heterocycles. The van der Waals surface area contributed by atoms with Crippen molar-refractivity contribution in [1.82, 2.24) is 9.97 Å². The average Bonchev–Trinajstić information content (AvgIpc) is 2.59. The summed E-state index contributed by atoms with van der Waals surface area (Å²) in [7, 11) is 0. The Bertz CT molecular complexity index is 710. The highest BCUT2D eigenvalue weighted by Crippen LogP contribution is 2.20. The third kappa shape index (κ3) is 3.73. The van der Waals surface area contributed by atoms with Gasteiger partial charge in [0.15, 0.2) is 0 Å². The summed E-state index contributed by atoms with van der Waals surface area (Å²) in [5.41, 5.74) is 2.02. The van der Waals surface area contributed by atoms with Gasteiger partial charge in [0.25, 0.3) is 0 Å². The van der Waals surface area contributed by atoms with Crippen molar-refractivity contribution in [2.75, 3.05) is 18.5 Å². The number of rotatable bonds is 7. The Morgan fingerprint density at radius 2 is 1.86 bits per heavy atom. The Labute approximate surface area is 130 Å². The van der Waals surface area contributed by atoms with Crippen molar-refractivity contribution in [3.63, 3.8) is 0 Å². The summed E-state index contributed by atoms with van der Waals surface area (Å²) in [5, 5.41) is 4.57. The molecular formula is C18H19N3O. The van der Waals surface area contributed by atoms with E-state index in [2.05, 4.69) is 15.3 Å².